The first kappa shape index (κ1) is 21.4. The number of nitrogens with one attached hydrogen (secondary N) is 1. The quantitative estimate of drug-likeness (QED) is 0.387. The molecule has 2 aromatic heterocycles. The fourth-order valence-corrected chi connectivity index (χ4v) is 3.60. The van der Waals surface area contributed by atoms with Crippen molar-refractivity contribution in [1.82, 2.24) is 4.90 Å². The van der Waals surface area contributed by atoms with E-state index in [1.165, 1.54) is 6.07 Å². The van der Waals surface area contributed by atoms with Crippen molar-refractivity contribution in [3.63, 3.8) is 0 Å². The van der Waals surface area contributed by atoms with Crippen LogP contribution >= 0.6 is 0 Å². The number of ether oxygens (including phenoxy) is 1. The van der Waals surface area contributed by atoms with Crippen LogP contribution in [0.25, 0.3) is 11.0 Å². The van der Waals surface area contributed by atoms with Gasteiger partial charge in [0.1, 0.15) is 11.3 Å². The van der Waals surface area contributed by atoms with Crippen LogP contribution in [0, 0.1) is 0 Å². The second kappa shape index (κ2) is 9.98. The van der Waals surface area contributed by atoms with Gasteiger partial charge in [0.05, 0.1) is 19.4 Å². The van der Waals surface area contributed by atoms with Gasteiger partial charge in [-0.25, -0.2) is 9.59 Å². The number of carbonyl (C=O) groups is 1. The Hall–Kier alpha value is -3.84. The summed E-state index contributed by atoms with van der Waals surface area (Å²) in [7, 11) is 0. The summed E-state index contributed by atoms with van der Waals surface area (Å²) in [6.07, 6.45) is 1.10. The molecule has 0 radical (unpaired) electrons. The Morgan fingerprint density at radius 1 is 1.00 bits per heavy atom. The van der Waals surface area contributed by atoms with Crippen molar-refractivity contribution in [1.29, 1.82) is 0 Å². The maximum Gasteiger partial charge on any atom is 0.411 e. The molecule has 0 saturated heterocycles. The third-order valence-corrected chi connectivity index (χ3v) is 4.95. The molecule has 7 heteroatoms. The number of anilines is 1. The number of hydrogen-bond acceptors (Lipinski definition) is 6. The van der Waals surface area contributed by atoms with E-state index in [4.69, 9.17) is 13.6 Å². The molecule has 4 aromatic rings. The minimum atomic E-state index is -0.558. The zero-order chi connectivity index (χ0) is 22.3. The molecule has 0 aliphatic heterocycles. The van der Waals surface area contributed by atoms with Gasteiger partial charge >= 0.3 is 11.7 Å². The first-order valence-electron chi connectivity index (χ1n) is 10.4. The highest BCUT2D eigenvalue weighted by atomic mass is 16.5. The summed E-state index contributed by atoms with van der Waals surface area (Å²) >= 11 is 0. The van der Waals surface area contributed by atoms with E-state index in [0.29, 0.717) is 30.9 Å². The van der Waals surface area contributed by atoms with Crippen LogP contribution in [0.2, 0.25) is 0 Å². The van der Waals surface area contributed by atoms with Gasteiger partial charge < -0.3 is 13.6 Å². The number of hydrogen-bond donors (Lipinski definition) is 1. The van der Waals surface area contributed by atoms with Crippen LogP contribution in [-0.2, 0) is 24.4 Å². The lowest BCUT2D eigenvalue weighted by Gasteiger charge is -2.22. The lowest BCUT2D eigenvalue weighted by Crippen LogP contribution is -2.23. The molecule has 0 bridgehead atoms. The molecule has 4 rings (SSSR count). The summed E-state index contributed by atoms with van der Waals surface area (Å²) in [5.41, 5.74) is 2.44. The van der Waals surface area contributed by atoms with E-state index < -0.39 is 11.7 Å². The third kappa shape index (κ3) is 5.44. The van der Waals surface area contributed by atoms with Gasteiger partial charge in [-0.15, -0.1) is 0 Å². The number of nitrogens with zero attached hydrogens (tertiary/aromatic N) is 1. The molecular weight excluding hydrogens is 408 g/mol. The highest BCUT2D eigenvalue weighted by Crippen LogP contribution is 2.24. The number of furan rings is 1. The summed E-state index contributed by atoms with van der Waals surface area (Å²) < 4.78 is 15.9. The maximum absolute atomic E-state index is 12.3. The fourth-order valence-electron chi connectivity index (χ4n) is 3.60. The topological polar surface area (TPSA) is 84.9 Å². The zero-order valence-corrected chi connectivity index (χ0v) is 17.7. The first-order chi connectivity index (χ1) is 15.6. The van der Waals surface area contributed by atoms with E-state index in [1.54, 1.807) is 25.3 Å². The number of benzene rings is 2. The van der Waals surface area contributed by atoms with Gasteiger partial charge in [-0.1, -0.05) is 30.3 Å². The van der Waals surface area contributed by atoms with E-state index in [1.807, 2.05) is 36.4 Å². The van der Waals surface area contributed by atoms with Gasteiger partial charge in [0, 0.05) is 36.3 Å². The van der Waals surface area contributed by atoms with Gasteiger partial charge in [-0.2, -0.15) is 0 Å². The number of amides is 1. The zero-order valence-electron chi connectivity index (χ0n) is 17.7. The Morgan fingerprint density at radius 3 is 2.59 bits per heavy atom. The van der Waals surface area contributed by atoms with Crippen LogP contribution in [0.5, 0.6) is 0 Å². The normalized spacial score (nSPS) is 11.1. The molecule has 2 heterocycles. The molecule has 0 aliphatic carbocycles. The third-order valence-electron chi connectivity index (χ3n) is 4.95. The van der Waals surface area contributed by atoms with Gasteiger partial charge in [0.15, 0.2) is 0 Å². The smallest absolute Gasteiger partial charge is 0.411 e. The lowest BCUT2D eigenvalue weighted by molar-refractivity contribution is 0.168. The van der Waals surface area contributed by atoms with Crippen LogP contribution < -0.4 is 10.9 Å². The summed E-state index contributed by atoms with van der Waals surface area (Å²) in [6, 6.07) is 20.7. The largest absolute Gasteiger partial charge is 0.468 e. The van der Waals surface area contributed by atoms with Crippen molar-refractivity contribution in [3.05, 3.63) is 100 Å². The van der Waals surface area contributed by atoms with Crippen LogP contribution in [-0.4, -0.2) is 17.6 Å². The molecule has 7 nitrogen and oxygen atoms in total. The molecule has 2 aromatic carbocycles. The van der Waals surface area contributed by atoms with Crippen molar-refractivity contribution in [2.45, 2.75) is 26.6 Å². The summed E-state index contributed by atoms with van der Waals surface area (Å²) in [5.74, 6) is 0.842. The Kier molecular flexibility index (Phi) is 6.67. The van der Waals surface area contributed by atoms with Crippen molar-refractivity contribution in [3.8, 4) is 0 Å². The summed E-state index contributed by atoms with van der Waals surface area (Å²) in [6.45, 7) is 3.79. The first-order valence-corrected chi connectivity index (χ1v) is 10.4. The van der Waals surface area contributed by atoms with E-state index in [9.17, 15) is 9.59 Å². The van der Waals surface area contributed by atoms with Crippen molar-refractivity contribution in [2.24, 2.45) is 0 Å². The monoisotopic (exact) mass is 432 g/mol. The SMILES string of the molecule is CCOC(=O)Nc1ccc2c(CN(Cc3ccccc3)Cc3ccco3)cc(=O)oc2c1. The van der Waals surface area contributed by atoms with Crippen LogP contribution in [0.4, 0.5) is 10.5 Å². The average Bonchev–Trinajstić information content (AvgIpc) is 3.27. The summed E-state index contributed by atoms with van der Waals surface area (Å²) in [5, 5.41) is 3.43. The van der Waals surface area contributed by atoms with E-state index in [0.717, 1.165) is 22.3 Å². The predicted molar refractivity (Wildman–Crippen MR) is 121 cm³/mol. The van der Waals surface area contributed by atoms with Crippen LogP contribution in [0.3, 0.4) is 0 Å². The second-order valence-electron chi connectivity index (χ2n) is 7.36. The molecule has 1 N–H and O–H groups in total. The molecule has 0 aliphatic rings. The molecule has 0 atom stereocenters. The molecule has 164 valence electrons. The molecule has 0 unspecified atom stereocenters. The Balaban J connectivity index is 1.63. The average molecular weight is 432 g/mol. The highest BCUT2D eigenvalue weighted by Gasteiger charge is 2.14. The van der Waals surface area contributed by atoms with Gasteiger partial charge in [0.2, 0.25) is 0 Å². The van der Waals surface area contributed by atoms with Crippen LogP contribution in [0.15, 0.2) is 86.6 Å². The maximum atomic E-state index is 12.3. The Morgan fingerprint density at radius 2 is 1.84 bits per heavy atom. The van der Waals surface area contributed by atoms with E-state index >= 15 is 0 Å². The summed E-state index contributed by atoms with van der Waals surface area (Å²) in [4.78, 5) is 26.2. The van der Waals surface area contributed by atoms with Gasteiger partial charge in [-0.05, 0) is 42.3 Å². The molecule has 0 saturated carbocycles. The molecular formula is C25H24N2O5. The minimum absolute atomic E-state index is 0.269. The van der Waals surface area contributed by atoms with Gasteiger partial charge in [0.25, 0.3) is 0 Å². The van der Waals surface area contributed by atoms with E-state index in [2.05, 4.69) is 22.3 Å². The molecule has 0 spiro atoms. The lowest BCUT2D eigenvalue weighted by atomic mass is 10.1. The van der Waals surface area contributed by atoms with Crippen molar-refractivity contribution >= 4 is 22.7 Å². The van der Waals surface area contributed by atoms with Crippen molar-refractivity contribution < 1.29 is 18.4 Å². The number of carbonyl (C=O) groups excluding carboxylic acids is 1. The number of rotatable bonds is 8. The molecule has 32 heavy (non-hydrogen) atoms. The Bertz CT molecular complexity index is 1230. The predicted octanol–water partition coefficient (Wildman–Crippen LogP) is 5.16. The van der Waals surface area contributed by atoms with Crippen LogP contribution in [0.1, 0.15) is 23.8 Å². The fraction of sp³-hybridized carbons (Fsp3) is 0.200. The van der Waals surface area contributed by atoms with Gasteiger partial charge in [-0.3, -0.25) is 10.2 Å². The number of fused-ring (bicyclic) bond motifs is 1. The van der Waals surface area contributed by atoms with Crippen molar-refractivity contribution in [2.75, 3.05) is 11.9 Å². The second-order valence-corrected chi connectivity index (χ2v) is 7.36. The molecule has 1 amide bonds. The Labute approximate surface area is 185 Å². The highest BCUT2D eigenvalue weighted by molar-refractivity contribution is 5.89. The standard InChI is InChI=1S/C25H24N2O5/c1-2-30-25(29)26-20-10-11-22-19(13-24(28)32-23(22)14-20)16-27(17-21-9-6-12-31-21)15-18-7-4-3-5-8-18/h3-14H,2,15-17H2,1H3,(H,26,29). The molecule has 0 fully saturated rings. The minimum Gasteiger partial charge on any atom is -0.468 e. The van der Waals surface area contributed by atoms with E-state index in [-0.39, 0.29) is 6.61 Å².